The second kappa shape index (κ2) is 7.35. The minimum Gasteiger partial charge on any atom is -0.497 e. The van der Waals surface area contributed by atoms with Crippen LogP contribution in [0.5, 0.6) is 5.75 Å². The summed E-state index contributed by atoms with van der Waals surface area (Å²) in [5.41, 5.74) is 3.52. The van der Waals surface area contributed by atoms with Crippen molar-refractivity contribution in [3.63, 3.8) is 0 Å². The highest BCUT2D eigenvalue weighted by Gasteiger charge is 2.29. The van der Waals surface area contributed by atoms with Gasteiger partial charge >= 0.3 is 0 Å². The average molecular weight is 390 g/mol. The SMILES string of the molecule is COc1cccc(C(c2c(C)[nH][nH]c2=O)c2c(C)[nH]n(-c3ccccc3)c2=O)c1. The smallest absolute Gasteiger partial charge is 0.275 e. The third-order valence-electron chi connectivity index (χ3n) is 5.15. The number of aryl methyl sites for hydroxylation is 2. The zero-order valence-corrected chi connectivity index (χ0v) is 16.4. The molecule has 29 heavy (non-hydrogen) atoms. The second-order valence-corrected chi connectivity index (χ2v) is 6.95. The predicted molar refractivity (Wildman–Crippen MR) is 111 cm³/mol. The van der Waals surface area contributed by atoms with Crippen LogP contribution in [0.15, 0.2) is 64.2 Å². The number of hydrogen-bond acceptors (Lipinski definition) is 3. The maximum absolute atomic E-state index is 13.5. The van der Waals surface area contributed by atoms with Crippen molar-refractivity contribution in [2.24, 2.45) is 0 Å². The van der Waals surface area contributed by atoms with Crippen LogP contribution in [0.3, 0.4) is 0 Å². The molecular formula is C22H22N4O3. The van der Waals surface area contributed by atoms with E-state index in [1.165, 1.54) is 4.68 Å². The van der Waals surface area contributed by atoms with E-state index in [1.54, 1.807) is 7.11 Å². The fraction of sp³-hybridized carbons (Fsp3) is 0.182. The normalized spacial score (nSPS) is 12.1. The lowest BCUT2D eigenvalue weighted by molar-refractivity contribution is 0.414. The molecule has 148 valence electrons. The van der Waals surface area contributed by atoms with Crippen LogP contribution in [0, 0.1) is 13.8 Å². The molecule has 3 N–H and O–H groups in total. The molecule has 7 nitrogen and oxygen atoms in total. The summed E-state index contributed by atoms with van der Waals surface area (Å²) in [6.07, 6.45) is 0. The highest BCUT2D eigenvalue weighted by molar-refractivity contribution is 5.47. The van der Waals surface area contributed by atoms with Gasteiger partial charge in [0.2, 0.25) is 0 Å². The molecule has 0 saturated carbocycles. The van der Waals surface area contributed by atoms with Crippen molar-refractivity contribution in [3.8, 4) is 11.4 Å². The van der Waals surface area contributed by atoms with Crippen molar-refractivity contribution in [1.29, 1.82) is 0 Å². The number of ether oxygens (including phenoxy) is 1. The third-order valence-corrected chi connectivity index (χ3v) is 5.15. The predicted octanol–water partition coefficient (Wildman–Crippen LogP) is 2.99. The molecular weight excluding hydrogens is 368 g/mol. The van der Waals surface area contributed by atoms with E-state index < -0.39 is 5.92 Å². The van der Waals surface area contributed by atoms with Gasteiger partial charge in [-0.2, -0.15) is 0 Å². The Bertz CT molecular complexity index is 1260. The summed E-state index contributed by atoms with van der Waals surface area (Å²) < 4.78 is 6.88. The first-order valence-corrected chi connectivity index (χ1v) is 9.29. The molecule has 7 heteroatoms. The van der Waals surface area contributed by atoms with E-state index in [-0.39, 0.29) is 11.1 Å². The minimum absolute atomic E-state index is 0.193. The van der Waals surface area contributed by atoms with E-state index in [4.69, 9.17) is 4.74 Å². The third kappa shape index (κ3) is 3.20. The highest BCUT2D eigenvalue weighted by Crippen LogP contribution is 2.33. The van der Waals surface area contributed by atoms with Gasteiger partial charge in [-0.05, 0) is 43.7 Å². The molecule has 0 aliphatic heterocycles. The summed E-state index contributed by atoms with van der Waals surface area (Å²) in [6, 6.07) is 16.8. The van der Waals surface area contributed by atoms with Crippen LogP contribution in [0.1, 0.15) is 34.0 Å². The van der Waals surface area contributed by atoms with E-state index in [0.717, 1.165) is 11.3 Å². The quantitative estimate of drug-likeness (QED) is 0.489. The summed E-state index contributed by atoms with van der Waals surface area (Å²) in [5, 5.41) is 8.67. The molecule has 0 radical (unpaired) electrons. The topological polar surface area (TPSA) is 95.7 Å². The van der Waals surface area contributed by atoms with Crippen LogP contribution in [0.25, 0.3) is 5.69 Å². The Morgan fingerprint density at radius 1 is 0.897 bits per heavy atom. The molecule has 2 aromatic heterocycles. The zero-order valence-electron chi connectivity index (χ0n) is 16.4. The van der Waals surface area contributed by atoms with Crippen molar-refractivity contribution in [2.45, 2.75) is 19.8 Å². The summed E-state index contributed by atoms with van der Waals surface area (Å²) in [6.45, 7) is 3.66. The van der Waals surface area contributed by atoms with Gasteiger partial charge in [-0.1, -0.05) is 30.3 Å². The highest BCUT2D eigenvalue weighted by atomic mass is 16.5. The molecule has 0 amide bonds. The molecule has 2 aromatic carbocycles. The van der Waals surface area contributed by atoms with Gasteiger partial charge in [0.15, 0.2) is 0 Å². The lowest BCUT2D eigenvalue weighted by Gasteiger charge is -2.16. The van der Waals surface area contributed by atoms with Crippen LogP contribution < -0.4 is 15.9 Å². The molecule has 4 rings (SSSR count). The van der Waals surface area contributed by atoms with Gasteiger partial charge in [0, 0.05) is 17.3 Å². The zero-order chi connectivity index (χ0) is 20.5. The number of para-hydroxylation sites is 1. The average Bonchev–Trinajstić information content (AvgIpc) is 3.23. The van der Waals surface area contributed by atoms with Crippen LogP contribution in [-0.2, 0) is 0 Å². The molecule has 1 unspecified atom stereocenters. The number of aromatic amines is 3. The standard InChI is InChI=1S/C22H22N4O3/c1-13-18(21(27)24-23-13)20(15-8-7-11-17(12-15)29-3)19-14(2)25-26(22(19)28)16-9-5-4-6-10-16/h4-12,20,25H,1-3H3,(H2,23,24,27). The van der Waals surface area contributed by atoms with Crippen LogP contribution in [-0.4, -0.2) is 27.1 Å². The van der Waals surface area contributed by atoms with Crippen molar-refractivity contribution in [2.75, 3.05) is 7.11 Å². The number of H-pyrrole nitrogens is 3. The number of nitrogens with one attached hydrogen (secondary N) is 3. The Kier molecular flexibility index (Phi) is 4.72. The first-order valence-electron chi connectivity index (χ1n) is 9.29. The first-order chi connectivity index (χ1) is 14.0. The molecule has 0 aliphatic carbocycles. The number of aromatic nitrogens is 4. The van der Waals surface area contributed by atoms with E-state index >= 15 is 0 Å². The lowest BCUT2D eigenvalue weighted by Crippen LogP contribution is -2.23. The Morgan fingerprint density at radius 3 is 2.31 bits per heavy atom. The second-order valence-electron chi connectivity index (χ2n) is 6.95. The molecule has 0 fully saturated rings. The summed E-state index contributed by atoms with van der Waals surface area (Å²) in [5.74, 6) is 0.113. The first kappa shape index (κ1) is 18.6. The Labute approximate surface area is 167 Å². The largest absolute Gasteiger partial charge is 0.497 e. The summed E-state index contributed by atoms with van der Waals surface area (Å²) in [4.78, 5) is 26.1. The van der Waals surface area contributed by atoms with Crippen molar-refractivity contribution in [1.82, 2.24) is 20.0 Å². The van der Waals surface area contributed by atoms with Gasteiger partial charge in [-0.3, -0.25) is 19.8 Å². The fourth-order valence-corrected chi connectivity index (χ4v) is 3.76. The Hall–Kier alpha value is -3.74. The van der Waals surface area contributed by atoms with Gasteiger partial charge < -0.3 is 9.84 Å². The molecule has 2 heterocycles. The molecule has 0 bridgehead atoms. The lowest BCUT2D eigenvalue weighted by atomic mass is 9.85. The van der Waals surface area contributed by atoms with E-state index in [2.05, 4.69) is 15.3 Å². The molecule has 0 spiro atoms. The minimum atomic E-state index is -0.547. The molecule has 0 saturated heterocycles. The summed E-state index contributed by atoms with van der Waals surface area (Å²) >= 11 is 0. The maximum atomic E-state index is 13.5. The van der Waals surface area contributed by atoms with E-state index in [0.29, 0.717) is 28.3 Å². The van der Waals surface area contributed by atoms with Gasteiger partial charge in [-0.25, -0.2) is 4.68 Å². The molecule has 1 atom stereocenters. The Balaban J connectivity index is 1.99. The summed E-state index contributed by atoms with van der Waals surface area (Å²) in [7, 11) is 1.59. The Morgan fingerprint density at radius 2 is 1.66 bits per heavy atom. The monoisotopic (exact) mass is 390 g/mol. The van der Waals surface area contributed by atoms with Crippen LogP contribution in [0.2, 0.25) is 0 Å². The fourth-order valence-electron chi connectivity index (χ4n) is 3.76. The van der Waals surface area contributed by atoms with Gasteiger partial charge in [0.05, 0.1) is 23.9 Å². The van der Waals surface area contributed by atoms with Crippen molar-refractivity contribution < 1.29 is 4.74 Å². The van der Waals surface area contributed by atoms with Gasteiger partial charge in [-0.15, -0.1) is 0 Å². The van der Waals surface area contributed by atoms with Gasteiger partial charge in [0.1, 0.15) is 5.75 Å². The van der Waals surface area contributed by atoms with E-state index in [1.807, 2.05) is 68.4 Å². The van der Waals surface area contributed by atoms with Gasteiger partial charge in [0.25, 0.3) is 11.1 Å². The number of benzene rings is 2. The van der Waals surface area contributed by atoms with Crippen LogP contribution in [0.4, 0.5) is 0 Å². The number of rotatable bonds is 5. The molecule has 4 aromatic rings. The van der Waals surface area contributed by atoms with Crippen LogP contribution >= 0.6 is 0 Å². The maximum Gasteiger partial charge on any atom is 0.275 e. The van der Waals surface area contributed by atoms with Crippen molar-refractivity contribution in [3.05, 3.63) is 103 Å². The number of hydrogen-bond donors (Lipinski definition) is 3. The van der Waals surface area contributed by atoms with E-state index in [9.17, 15) is 9.59 Å². The number of methoxy groups -OCH3 is 1. The van der Waals surface area contributed by atoms with Crippen molar-refractivity contribution >= 4 is 0 Å². The number of nitrogens with zero attached hydrogens (tertiary/aromatic N) is 1. The molecule has 0 aliphatic rings.